The lowest BCUT2D eigenvalue weighted by Gasteiger charge is -2.30. The maximum Gasteiger partial charge on any atom is 0.408 e. The number of aliphatic carboxylic acids is 3. The van der Waals surface area contributed by atoms with E-state index in [1.807, 2.05) is 5.43 Å². The molecule has 1 aliphatic heterocycles. The summed E-state index contributed by atoms with van der Waals surface area (Å²) in [6.45, 7) is 3.10. The maximum absolute atomic E-state index is 13.5. The SMILES string of the molecule is CCOC(=O)[C@@H]1O[C@H]1C(=O)NN(CC(=O)O)C(=O)[C@@H](NC(=O)[C@H](CCC(=O)O)NC(=O)[C@H](CC(=O)O)NC(=O)OCc1ccccc1)C(C)C. The summed E-state index contributed by atoms with van der Waals surface area (Å²) in [5.74, 6) is -10.7. The zero-order chi connectivity index (χ0) is 37.5. The zero-order valence-corrected chi connectivity index (χ0v) is 27.3. The average molecular weight is 710 g/mol. The van der Waals surface area contributed by atoms with Crippen LogP contribution >= 0.6 is 0 Å². The highest BCUT2D eigenvalue weighted by molar-refractivity contribution is 5.97. The number of carboxylic acid groups (broad SMARTS) is 3. The van der Waals surface area contributed by atoms with E-state index in [0.29, 0.717) is 10.6 Å². The molecular weight excluding hydrogens is 670 g/mol. The fourth-order valence-corrected chi connectivity index (χ4v) is 4.26. The topological polar surface area (TPSA) is 297 Å². The van der Waals surface area contributed by atoms with Crippen molar-refractivity contribution in [3.05, 3.63) is 35.9 Å². The molecule has 1 fully saturated rings. The van der Waals surface area contributed by atoms with E-state index in [1.54, 1.807) is 30.3 Å². The summed E-state index contributed by atoms with van der Waals surface area (Å²) in [5, 5.41) is 34.9. The van der Waals surface area contributed by atoms with Gasteiger partial charge in [-0.15, -0.1) is 0 Å². The van der Waals surface area contributed by atoms with E-state index >= 15 is 0 Å². The number of hydrazine groups is 1. The molecule has 2 rings (SSSR count). The molecule has 0 saturated carbocycles. The Bertz CT molecular complexity index is 1440. The molecule has 50 heavy (non-hydrogen) atoms. The van der Waals surface area contributed by atoms with Crippen molar-refractivity contribution in [3.8, 4) is 0 Å². The summed E-state index contributed by atoms with van der Waals surface area (Å²) in [7, 11) is 0. The Morgan fingerprint density at radius 1 is 0.820 bits per heavy atom. The highest BCUT2D eigenvalue weighted by atomic mass is 16.6. The maximum atomic E-state index is 13.5. The zero-order valence-electron chi connectivity index (χ0n) is 27.3. The van der Waals surface area contributed by atoms with Crippen molar-refractivity contribution in [1.82, 2.24) is 26.4 Å². The molecule has 1 saturated heterocycles. The number of alkyl carbamates (subject to hydrolysis) is 1. The van der Waals surface area contributed by atoms with E-state index in [-0.39, 0.29) is 13.2 Å². The van der Waals surface area contributed by atoms with Crippen molar-refractivity contribution < 1.29 is 72.7 Å². The van der Waals surface area contributed by atoms with Crippen LogP contribution in [0.15, 0.2) is 30.3 Å². The summed E-state index contributed by atoms with van der Waals surface area (Å²) >= 11 is 0. The van der Waals surface area contributed by atoms with Gasteiger partial charge in [0.25, 0.3) is 11.8 Å². The monoisotopic (exact) mass is 709 g/mol. The molecule has 5 atom stereocenters. The van der Waals surface area contributed by atoms with Crippen LogP contribution in [0.2, 0.25) is 0 Å². The number of carbonyl (C=O) groups is 9. The molecular formula is C30H39N5O15. The molecule has 20 nitrogen and oxygen atoms in total. The number of esters is 1. The first-order valence-electron chi connectivity index (χ1n) is 15.2. The van der Waals surface area contributed by atoms with E-state index in [2.05, 4.69) is 16.0 Å². The van der Waals surface area contributed by atoms with E-state index in [4.69, 9.17) is 14.2 Å². The number of ether oxygens (including phenoxy) is 3. The Morgan fingerprint density at radius 2 is 1.46 bits per heavy atom. The van der Waals surface area contributed by atoms with Crippen molar-refractivity contribution in [1.29, 1.82) is 0 Å². The van der Waals surface area contributed by atoms with Crippen molar-refractivity contribution in [3.63, 3.8) is 0 Å². The van der Waals surface area contributed by atoms with Crippen LogP contribution in [-0.4, -0.2) is 117 Å². The van der Waals surface area contributed by atoms with Gasteiger partial charge >= 0.3 is 30.0 Å². The molecule has 0 bridgehead atoms. The molecule has 274 valence electrons. The second kappa shape index (κ2) is 19.3. The van der Waals surface area contributed by atoms with Gasteiger partial charge in [0.05, 0.1) is 13.0 Å². The lowest BCUT2D eigenvalue weighted by molar-refractivity contribution is -0.152. The molecule has 0 unspecified atom stereocenters. The van der Waals surface area contributed by atoms with Gasteiger partial charge in [-0.25, -0.2) is 14.6 Å². The van der Waals surface area contributed by atoms with Crippen LogP contribution in [0, 0.1) is 5.92 Å². The van der Waals surface area contributed by atoms with Gasteiger partial charge in [-0.3, -0.25) is 39.0 Å². The number of amides is 5. The highest BCUT2D eigenvalue weighted by Crippen LogP contribution is 2.24. The largest absolute Gasteiger partial charge is 0.481 e. The number of nitrogens with one attached hydrogen (secondary N) is 4. The number of nitrogens with zero attached hydrogens (tertiary/aromatic N) is 1. The third-order valence-corrected chi connectivity index (χ3v) is 6.78. The molecule has 0 aliphatic carbocycles. The molecule has 5 amide bonds. The van der Waals surface area contributed by atoms with Gasteiger partial charge in [-0.05, 0) is 24.8 Å². The number of rotatable bonds is 19. The van der Waals surface area contributed by atoms with Crippen LogP contribution in [0.1, 0.15) is 45.6 Å². The molecule has 1 aromatic carbocycles. The predicted molar refractivity (Wildman–Crippen MR) is 164 cm³/mol. The van der Waals surface area contributed by atoms with Gasteiger partial charge in [0.15, 0.2) is 12.2 Å². The summed E-state index contributed by atoms with van der Waals surface area (Å²) in [4.78, 5) is 111. The fraction of sp³-hybridized carbons (Fsp3) is 0.500. The lowest BCUT2D eigenvalue weighted by Crippen LogP contribution is -2.61. The van der Waals surface area contributed by atoms with E-state index in [9.17, 15) is 58.5 Å². The minimum absolute atomic E-state index is 0.00163. The molecule has 0 radical (unpaired) electrons. The molecule has 7 N–H and O–H groups in total. The molecule has 0 aromatic heterocycles. The minimum Gasteiger partial charge on any atom is -0.481 e. The van der Waals surface area contributed by atoms with Crippen LogP contribution in [-0.2, 0) is 59.2 Å². The van der Waals surface area contributed by atoms with Gasteiger partial charge in [0, 0.05) is 6.42 Å². The van der Waals surface area contributed by atoms with Crippen LogP contribution in [0.3, 0.4) is 0 Å². The second-order valence-corrected chi connectivity index (χ2v) is 11.1. The second-order valence-electron chi connectivity index (χ2n) is 11.1. The standard InChI is InChI=1S/C30H39N5O15/c1-4-48-29(46)24-23(50-24)27(44)34-35(13-21(40)41)28(45)22(15(2)3)33-25(42)17(10-11-19(36)37)31-26(43)18(12-20(38)39)32-30(47)49-14-16-8-6-5-7-9-16/h5-9,15,17-18,22-24H,4,10-14H2,1-3H3,(H,31,43)(H,32,47)(H,33,42)(H,34,44)(H,36,37)(H,38,39)(H,40,41)/t17-,18-,22-,23+,24+/m0/s1. The number of carboxylic acids is 3. The molecule has 1 aliphatic rings. The quantitative estimate of drug-likeness (QED) is 0.0490. The van der Waals surface area contributed by atoms with Crippen LogP contribution < -0.4 is 21.4 Å². The number of hydrogen-bond donors (Lipinski definition) is 7. The average Bonchev–Trinajstić information content (AvgIpc) is 3.85. The predicted octanol–water partition coefficient (Wildman–Crippen LogP) is -1.48. The first-order chi connectivity index (χ1) is 23.5. The van der Waals surface area contributed by atoms with Crippen LogP contribution in [0.25, 0.3) is 0 Å². The summed E-state index contributed by atoms with van der Waals surface area (Å²) in [6.07, 6.45) is -6.03. The normalized spacial score (nSPS) is 16.4. The molecule has 1 aromatic rings. The van der Waals surface area contributed by atoms with E-state index < -0.39 is 116 Å². The van der Waals surface area contributed by atoms with E-state index in [1.165, 1.54) is 20.8 Å². The smallest absolute Gasteiger partial charge is 0.408 e. The van der Waals surface area contributed by atoms with Gasteiger partial charge in [-0.1, -0.05) is 44.2 Å². The third kappa shape index (κ3) is 13.4. The van der Waals surface area contributed by atoms with Gasteiger partial charge in [-0.2, -0.15) is 0 Å². The summed E-state index contributed by atoms with van der Waals surface area (Å²) in [5.41, 5.74) is 2.63. The van der Waals surface area contributed by atoms with Gasteiger partial charge < -0.3 is 45.5 Å². The lowest BCUT2D eigenvalue weighted by atomic mass is 10.0. The van der Waals surface area contributed by atoms with Gasteiger partial charge in [0.1, 0.15) is 31.3 Å². The first-order valence-corrected chi connectivity index (χ1v) is 15.2. The number of benzene rings is 1. The highest BCUT2D eigenvalue weighted by Gasteiger charge is 2.52. The fourth-order valence-electron chi connectivity index (χ4n) is 4.26. The Balaban J connectivity index is 2.20. The Morgan fingerprint density at radius 3 is 2.02 bits per heavy atom. The van der Waals surface area contributed by atoms with Crippen molar-refractivity contribution >= 4 is 53.6 Å². The minimum atomic E-state index is -1.79. The summed E-state index contributed by atoms with van der Waals surface area (Å²) < 4.78 is 14.7. The van der Waals surface area contributed by atoms with Crippen molar-refractivity contribution in [2.75, 3.05) is 13.2 Å². The van der Waals surface area contributed by atoms with E-state index in [0.717, 1.165) is 0 Å². The van der Waals surface area contributed by atoms with Gasteiger partial charge in [0.2, 0.25) is 11.8 Å². The van der Waals surface area contributed by atoms with Crippen LogP contribution in [0.5, 0.6) is 0 Å². The first kappa shape index (κ1) is 40.4. The third-order valence-electron chi connectivity index (χ3n) is 6.78. The molecule has 0 spiro atoms. The number of carbonyl (C=O) groups excluding carboxylic acids is 6. The molecule has 1 heterocycles. The van der Waals surface area contributed by atoms with Crippen molar-refractivity contribution in [2.24, 2.45) is 5.92 Å². The summed E-state index contributed by atoms with van der Waals surface area (Å²) in [6, 6.07) is 3.31. The number of hydrogen-bond acceptors (Lipinski definition) is 12. The molecule has 20 heteroatoms. The van der Waals surface area contributed by atoms with Crippen LogP contribution in [0.4, 0.5) is 4.79 Å². The Labute approximate surface area is 284 Å². The number of epoxide rings is 1. The van der Waals surface area contributed by atoms with Crippen molar-refractivity contribution in [2.45, 2.75) is 77.0 Å². The Kier molecular flexibility index (Phi) is 15.6. The Hall–Kier alpha value is -5.79.